The molecule has 6 nitrogen and oxygen atoms in total. The number of hydrogen-bond acceptors (Lipinski definition) is 4. The molecule has 7 heteroatoms. The van der Waals surface area contributed by atoms with Crippen molar-refractivity contribution < 1.29 is 9.47 Å². The van der Waals surface area contributed by atoms with Gasteiger partial charge in [0.05, 0.1) is 24.9 Å². The molecule has 178 valence electrons. The summed E-state index contributed by atoms with van der Waals surface area (Å²) in [6, 6.07) is 26.2. The summed E-state index contributed by atoms with van der Waals surface area (Å²) in [4.78, 5) is 6.83. The van der Waals surface area contributed by atoms with Crippen molar-refractivity contribution in [3.8, 4) is 17.2 Å². The summed E-state index contributed by atoms with van der Waals surface area (Å²) < 4.78 is 13.5. The number of benzene rings is 2. The maximum atomic E-state index is 5.87. The van der Waals surface area contributed by atoms with E-state index in [-0.39, 0.29) is 12.1 Å². The molecule has 0 aliphatic carbocycles. The standard InChI is InChI=1S/C28H28N4O2S/c1-3-33-22-14-10-20(11-15-22)31-19-7-9-25(31)27-26(24-8-5-6-18-29-24)30-28(35)32(27)21-12-16-23(17-13-21)34-4-2/h5-19,26-27H,3-4H2,1-2H3,(H,30,35)/t26-,27-/m0/s1. The first kappa shape index (κ1) is 22.9. The number of nitrogens with zero attached hydrogens (tertiary/aromatic N) is 3. The van der Waals surface area contributed by atoms with Gasteiger partial charge in [-0.1, -0.05) is 6.07 Å². The zero-order chi connectivity index (χ0) is 24.2. The Morgan fingerprint density at radius 2 is 1.49 bits per heavy atom. The van der Waals surface area contributed by atoms with Crippen LogP contribution in [0.25, 0.3) is 5.69 Å². The molecule has 1 fully saturated rings. The predicted molar refractivity (Wildman–Crippen MR) is 142 cm³/mol. The Kier molecular flexibility index (Phi) is 6.68. The minimum Gasteiger partial charge on any atom is -0.494 e. The van der Waals surface area contributed by atoms with E-state index in [2.05, 4.69) is 62.4 Å². The van der Waals surface area contributed by atoms with Crippen LogP contribution in [0, 0.1) is 0 Å². The molecule has 0 saturated carbocycles. The van der Waals surface area contributed by atoms with E-state index in [9.17, 15) is 0 Å². The maximum Gasteiger partial charge on any atom is 0.174 e. The third-order valence-electron chi connectivity index (χ3n) is 6.03. The van der Waals surface area contributed by atoms with Gasteiger partial charge in [0.25, 0.3) is 0 Å². The van der Waals surface area contributed by atoms with Crippen molar-refractivity contribution in [2.75, 3.05) is 18.1 Å². The van der Waals surface area contributed by atoms with Crippen LogP contribution in [0.1, 0.15) is 37.3 Å². The fourth-order valence-electron chi connectivity index (χ4n) is 4.54. The topological polar surface area (TPSA) is 51.5 Å². The van der Waals surface area contributed by atoms with Crippen molar-refractivity contribution in [1.29, 1.82) is 0 Å². The highest BCUT2D eigenvalue weighted by molar-refractivity contribution is 7.80. The highest BCUT2D eigenvalue weighted by Crippen LogP contribution is 2.42. The summed E-state index contributed by atoms with van der Waals surface area (Å²) in [6.45, 7) is 5.24. The lowest BCUT2D eigenvalue weighted by atomic mass is 10.0. The minimum atomic E-state index is -0.119. The van der Waals surface area contributed by atoms with Crippen LogP contribution in [0.3, 0.4) is 0 Å². The molecule has 1 saturated heterocycles. The maximum absolute atomic E-state index is 5.87. The molecule has 5 rings (SSSR count). The molecule has 2 aromatic heterocycles. The number of hydrogen-bond donors (Lipinski definition) is 1. The number of ether oxygens (including phenoxy) is 2. The van der Waals surface area contributed by atoms with E-state index in [0.29, 0.717) is 18.3 Å². The molecule has 0 amide bonds. The molecule has 35 heavy (non-hydrogen) atoms. The van der Waals surface area contributed by atoms with Crippen molar-refractivity contribution in [1.82, 2.24) is 14.9 Å². The zero-order valence-corrected chi connectivity index (χ0v) is 20.6. The molecular formula is C28H28N4O2S. The fourth-order valence-corrected chi connectivity index (χ4v) is 4.89. The summed E-state index contributed by atoms with van der Waals surface area (Å²) in [7, 11) is 0. The van der Waals surface area contributed by atoms with Gasteiger partial charge in [-0.25, -0.2) is 0 Å². The molecule has 0 unspecified atom stereocenters. The van der Waals surface area contributed by atoms with Gasteiger partial charge < -0.3 is 24.3 Å². The minimum absolute atomic E-state index is 0.114. The Labute approximate surface area is 211 Å². The molecule has 0 bridgehead atoms. The summed E-state index contributed by atoms with van der Waals surface area (Å²) in [5.41, 5.74) is 4.09. The molecule has 0 spiro atoms. The highest BCUT2D eigenvalue weighted by Gasteiger charge is 2.42. The molecule has 2 atom stereocenters. The van der Waals surface area contributed by atoms with Crippen LogP contribution in [0.5, 0.6) is 11.5 Å². The van der Waals surface area contributed by atoms with Crippen LogP contribution in [-0.2, 0) is 0 Å². The van der Waals surface area contributed by atoms with Gasteiger partial charge in [-0.05, 0) is 98.9 Å². The van der Waals surface area contributed by atoms with Crippen molar-refractivity contribution in [2.24, 2.45) is 0 Å². The molecule has 2 aromatic carbocycles. The largest absolute Gasteiger partial charge is 0.494 e. The average molecular weight is 485 g/mol. The lowest BCUT2D eigenvalue weighted by Gasteiger charge is -2.29. The van der Waals surface area contributed by atoms with E-state index in [4.69, 9.17) is 21.7 Å². The van der Waals surface area contributed by atoms with Crippen molar-refractivity contribution in [3.05, 3.63) is 103 Å². The number of rotatable bonds is 8. The quantitative estimate of drug-likeness (QED) is 0.317. The number of pyridine rings is 1. The predicted octanol–water partition coefficient (Wildman–Crippen LogP) is 5.85. The Morgan fingerprint density at radius 1 is 0.829 bits per heavy atom. The highest BCUT2D eigenvalue weighted by atomic mass is 32.1. The van der Waals surface area contributed by atoms with Crippen LogP contribution in [0.15, 0.2) is 91.3 Å². The van der Waals surface area contributed by atoms with Gasteiger partial charge in [-0.3, -0.25) is 4.98 Å². The van der Waals surface area contributed by atoms with Gasteiger partial charge in [-0.2, -0.15) is 0 Å². The molecule has 0 radical (unpaired) electrons. The first-order valence-electron chi connectivity index (χ1n) is 11.8. The molecule has 3 heterocycles. The van der Waals surface area contributed by atoms with E-state index in [1.165, 1.54) is 0 Å². The molecule has 4 aromatic rings. The van der Waals surface area contributed by atoms with Gasteiger partial charge in [0.1, 0.15) is 17.5 Å². The molecule has 1 N–H and O–H groups in total. The summed E-state index contributed by atoms with van der Waals surface area (Å²) in [5.74, 6) is 1.70. The van der Waals surface area contributed by atoms with Gasteiger partial charge in [0, 0.05) is 29.5 Å². The number of thiocarbonyl (C=S) groups is 1. The third kappa shape index (κ3) is 4.59. The monoisotopic (exact) mass is 484 g/mol. The van der Waals surface area contributed by atoms with Crippen LogP contribution in [0.2, 0.25) is 0 Å². The van der Waals surface area contributed by atoms with Gasteiger partial charge in [0.15, 0.2) is 5.11 Å². The Bertz CT molecular complexity index is 1270. The van der Waals surface area contributed by atoms with Crippen LogP contribution < -0.4 is 19.7 Å². The van der Waals surface area contributed by atoms with Crippen LogP contribution in [0.4, 0.5) is 5.69 Å². The van der Waals surface area contributed by atoms with Crippen molar-refractivity contribution in [2.45, 2.75) is 25.9 Å². The van der Waals surface area contributed by atoms with Crippen molar-refractivity contribution >= 4 is 23.0 Å². The van der Waals surface area contributed by atoms with Crippen LogP contribution >= 0.6 is 12.2 Å². The Hall–Kier alpha value is -3.84. The van der Waals surface area contributed by atoms with Gasteiger partial charge in [-0.15, -0.1) is 0 Å². The van der Waals surface area contributed by atoms with E-state index in [0.717, 1.165) is 34.3 Å². The first-order chi connectivity index (χ1) is 17.2. The lowest BCUT2D eigenvalue weighted by Crippen LogP contribution is -2.30. The Morgan fingerprint density at radius 3 is 2.09 bits per heavy atom. The van der Waals surface area contributed by atoms with Crippen LogP contribution in [-0.4, -0.2) is 27.9 Å². The SMILES string of the molecule is CCOc1ccc(N2C(=S)N[C@@H](c3ccccn3)[C@@H]2c2cccn2-c2ccc(OCC)cc2)cc1. The number of aromatic nitrogens is 2. The van der Waals surface area contributed by atoms with E-state index < -0.39 is 0 Å². The zero-order valence-electron chi connectivity index (χ0n) is 19.8. The summed E-state index contributed by atoms with van der Waals surface area (Å²) in [6.07, 6.45) is 3.90. The van der Waals surface area contributed by atoms with E-state index in [1.807, 2.05) is 62.5 Å². The third-order valence-corrected chi connectivity index (χ3v) is 6.35. The normalized spacial score (nSPS) is 17.3. The Balaban J connectivity index is 1.58. The van der Waals surface area contributed by atoms with Gasteiger partial charge in [0.2, 0.25) is 0 Å². The van der Waals surface area contributed by atoms with Crippen molar-refractivity contribution in [3.63, 3.8) is 0 Å². The summed E-state index contributed by atoms with van der Waals surface area (Å²) in [5, 5.41) is 4.19. The molecule has 1 aliphatic rings. The molecular weight excluding hydrogens is 456 g/mol. The second-order valence-corrected chi connectivity index (χ2v) is 8.54. The number of nitrogens with one attached hydrogen (secondary N) is 1. The lowest BCUT2D eigenvalue weighted by molar-refractivity contribution is 0.340. The van der Waals surface area contributed by atoms with E-state index in [1.54, 1.807) is 0 Å². The smallest absolute Gasteiger partial charge is 0.174 e. The fraction of sp³-hybridized carbons (Fsp3) is 0.214. The second kappa shape index (κ2) is 10.2. The summed E-state index contributed by atoms with van der Waals surface area (Å²) >= 11 is 5.87. The van der Waals surface area contributed by atoms with E-state index >= 15 is 0 Å². The average Bonchev–Trinajstić information content (AvgIpc) is 3.50. The number of anilines is 1. The first-order valence-corrected chi connectivity index (χ1v) is 12.2. The second-order valence-electron chi connectivity index (χ2n) is 8.15. The molecule has 1 aliphatic heterocycles. The van der Waals surface area contributed by atoms with Gasteiger partial charge >= 0.3 is 0 Å².